The molecule has 0 aliphatic heterocycles. The lowest BCUT2D eigenvalue weighted by atomic mass is 10.2. The van der Waals surface area contributed by atoms with Gasteiger partial charge >= 0.3 is 0 Å². The van der Waals surface area contributed by atoms with E-state index in [9.17, 15) is 14.9 Å². The van der Waals surface area contributed by atoms with Crippen LogP contribution in [0.25, 0.3) is 0 Å². The molecule has 0 saturated heterocycles. The predicted molar refractivity (Wildman–Crippen MR) is 74.4 cm³/mol. The second kappa shape index (κ2) is 7.20. The second-order valence-corrected chi connectivity index (χ2v) is 3.98. The highest BCUT2D eigenvalue weighted by atomic mass is 16.6. The molecule has 7 heteroatoms. The van der Waals surface area contributed by atoms with E-state index in [1.165, 1.54) is 12.1 Å². The molecule has 0 spiro atoms. The minimum absolute atomic E-state index is 0.0247. The number of non-ortho nitro benzene ring substituents is 1. The van der Waals surface area contributed by atoms with Crippen LogP contribution in [0.15, 0.2) is 18.2 Å². The van der Waals surface area contributed by atoms with Gasteiger partial charge in [-0.2, -0.15) is 0 Å². The molecule has 0 radical (unpaired) electrons. The molecule has 0 aromatic heterocycles. The van der Waals surface area contributed by atoms with Crippen LogP contribution in [0.4, 0.5) is 17.1 Å². The van der Waals surface area contributed by atoms with Crippen molar-refractivity contribution in [2.45, 2.75) is 13.3 Å². The van der Waals surface area contributed by atoms with Gasteiger partial charge in [-0.15, -0.1) is 0 Å². The molecule has 3 N–H and O–H groups in total. The zero-order chi connectivity index (χ0) is 14.3. The van der Waals surface area contributed by atoms with E-state index in [0.29, 0.717) is 17.9 Å². The minimum Gasteiger partial charge on any atom is -0.388 e. The molecule has 19 heavy (non-hydrogen) atoms. The van der Waals surface area contributed by atoms with E-state index in [2.05, 4.69) is 16.0 Å². The summed E-state index contributed by atoms with van der Waals surface area (Å²) < 4.78 is 0. The zero-order valence-electron chi connectivity index (χ0n) is 11.0. The largest absolute Gasteiger partial charge is 0.388 e. The zero-order valence-corrected chi connectivity index (χ0v) is 11.0. The molecule has 0 heterocycles. The summed E-state index contributed by atoms with van der Waals surface area (Å²) in [5.41, 5.74) is 1.12. The number of anilines is 2. The Bertz CT molecular complexity index is 462. The standard InChI is InChI=1S/C12H18N4O3/c1-3-4-14-12(17)8-15-10-5-9(13-2)6-11(7-10)16(18)19/h5-7,13,15H,3-4,8H2,1-2H3,(H,14,17). The molecule has 0 fully saturated rings. The predicted octanol–water partition coefficient (Wildman–Crippen LogP) is 1.57. The van der Waals surface area contributed by atoms with E-state index in [1.807, 2.05) is 6.92 Å². The molecule has 0 unspecified atom stereocenters. The molecule has 1 amide bonds. The fraction of sp³-hybridized carbons (Fsp3) is 0.417. The van der Waals surface area contributed by atoms with Gasteiger partial charge < -0.3 is 16.0 Å². The van der Waals surface area contributed by atoms with Gasteiger partial charge in [0.15, 0.2) is 0 Å². The van der Waals surface area contributed by atoms with Crippen molar-refractivity contribution in [3.05, 3.63) is 28.3 Å². The molecule has 0 aliphatic carbocycles. The number of nitrogens with one attached hydrogen (secondary N) is 3. The monoisotopic (exact) mass is 266 g/mol. The SMILES string of the molecule is CCCNC(=O)CNc1cc(NC)cc([N+](=O)[O-])c1. The van der Waals surface area contributed by atoms with Crippen LogP contribution >= 0.6 is 0 Å². The number of carbonyl (C=O) groups is 1. The minimum atomic E-state index is -0.469. The van der Waals surface area contributed by atoms with Crippen molar-refractivity contribution < 1.29 is 9.72 Å². The highest BCUT2D eigenvalue weighted by molar-refractivity contribution is 5.81. The Morgan fingerprint density at radius 2 is 2.00 bits per heavy atom. The van der Waals surface area contributed by atoms with Crippen molar-refractivity contribution in [3.63, 3.8) is 0 Å². The lowest BCUT2D eigenvalue weighted by Crippen LogP contribution is -2.30. The first kappa shape index (κ1) is 14.7. The second-order valence-electron chi connectivity index (χ2n) is 3.98. The lowest BCUT2D eigenvalue weighted by molar-refractivity contribution is -0.384. The van der Waals surface area contributed by atoms with E-state index < -0.39 is 4.92 Å². The number of rotatable bonds is 7. The molecule has 7 nitrogen and oxygen atoms in total. The fourth-order valence-corrected chi connectivity index (χ4v) is 1.47. The van der Waals surface area contributed by atoms with E-state index in [-0.39, 0.29) is 18.1 Å². The van der Waals surface area contributed by atoms with Crippen LogP contribution in [-0.2, 0) is 4.79 Å². The molecule has 1 aromatic carbocycles. The summed E-state index contributed by atoms with van der Waals surface area (Å²) in [6, 6.07) is 4.54. The van der Waals surface area contributed by atoms with Crippen LogP contribution in [-0.4, -0.2) is 31.0 Å². The number of nitro benzene ring substituents is 1. The van der Waals surface area contributed by atoms with E-state index in [4.69, 9.17) is 0 Å². The lowest BCUT2D eigenvalue weighted by Gasteiger charge is -2.09. The quantitative estimate of drug-likeness (QED) is 0.514. The van der Waals surface area contributed by atoms with Crippen molar-refractivity contribution in [2.75, 3.05) is 30.8 Å². The van der Waals surface area contributed by atoms with Gasteiger partial charge in [0, 0.05) is 37.1 Å². The fourth-order valence-electron chi connectivity index (χ4n) is 1.47. The molecule has 0 saturated carbocycles. The maximum atomic E-state index is 11.4. The summed E-state index contributed by atoms with van der Waals surface area (Å²) >= 11 is 0. The van der Waals surface area contributed by atoms with Crippen molar-refractivity contribution in [2.24, 2.45) is 0 Å². The van der Waals surface area contributed by atoms with Gasteiger partial charge in [-0.1, -0.05) is 6.92 Å². The molecule has 1 rings (SSSR count). The highest BCUT2D eigenvalue weighted by Crippen LogP contribution is 2.23. The maximum Gasteiger partial charge on any atom is 0.273 e. The average Bonchev–Trinajstić information content (AvgIpc) is 2.42. The summed E-state index contributed by atoms with van der Waals surface area (Å²) in [5, 5.41) is 19.2. The molecule has 0 aliphatic rings. The van der Waals surface area contributed by atoms with Crippen LogP contribution in [0, 0.1) is 10.1 Å². The third kappa shape index (κ3) is 4.82. The summed E-state index contributed by atoms with van der Waals surface area (Å²) in [4.78, 5) is 21.7. The smallest absolute Gasteiger partial charge is 0.273 e. The van der Waals surface area contributed by atoms with Gasteiger partial charge in [0.25, 0.3) is 5.69 Å². The molecule has 0 atom stereocenters. The number of nitro groups is 1. The summed E-state index contributed by atoms with van der Waals surface area (Å²) in [7, 11) is 1.68. The Morgan fingerprint density at radius 3 is 2.58 bits per heavy atom. The van der Waals surface area contributed by atoms with Gasteiger partial charge in [0.2, 0.25) is 5.91 Å². The Hall–Kier alpha value is -2.31. The first-order chi connectivity index (χ1) is 9.06. The van der Waals surface area contributed by atoms with Crippen molar-refractivity contribution in [3.8, 4) is 0 Å². The van der Waals surface area contributed by atoms with Crippen LogP contribution in [0.5, 0.6) is 0 Å². The van der Waals surface area contributed by atoms with Crippen LogP contribution < -0.4 is 16.0 Å². The topological polar surface area (TPSA) is 96.3 Å². The first-order valence-corrected chi connectivity index (χ1v) is 6.04. The van der Waals surface area contributed by atoms with Gasteiger partial charge in [0.1, 0.15) is 0 Å². The summed E-state index contributed by atoms with van der Waals surface area (Å²) in [5.74, 6) is -0.139. The maximum absolute atomic E-state index is 11.4. The molecule has 1 aromatic rings. The van der Waals surface area contributed by atoms with Gasteiger partial charge in [-0.05, 0) is 12.5 Å². The summed E-state index contributed by atoms with van der Waals surface area (Å²) in [6.45, 7) is 2.68. The number of nitrogens with zero attached hydrogens (tertiary/aromatic N) is 1. The first-order valence-electron chi connectivity index (χ1n) is 6.04. The van der Waals surface area contributed by atoms with Crippen molar-refractivity contribution in [1.82, 2.24) is 5.32 Å². The van der Waals surface area contributed by atoms with Crippen LogP contribution in [0.3, 0.4) is 0 Å². The average molecular weight is 266 g/mol. The number of amides is 1. The normalized spacial score (nSPS) is 9.79. The highest BCUT2D eigenvalue weighted by Gasteiger charge is 2.09. The Morgan fingerprint density at radius 1 is 1.32 bits per heavy atom. The molecular weight excluding hydrogens is 248 g/mol. The van der Waals surface area contributed by atoms with Crippen molar-refractivity contribution in [1.29, 1.82) is 0 Å². The van der Waals surface area contributed by atoms with Gasteiger partial charge in [-0.3, -0.25) is 14.9 Å². The molecule has 104 valence electrons. The van der Waals surface area contributed by atoms with Gasteiger partial charge in [-0.25, -0.2) is 0 Å². The van der Waals surface area contributed by atoms with Crippen LogP contribution in [0.2, 0.25) is 0 Å². The summed E-state index contributed by atoms with van der Waals surface area (Å²) in [6.07, 6.45) is 0.868. The van der Waals surface area contributed by atoms with E-state index in [0.717, 1.165) is 6.42 Å². The number of benzene rings is 1. The molecular formula is C12H18N4O3. The van der Waals surface area contributed by atoms with Crippen molar-refractivity contribution >= 4 is 23.0 Å². The third-order valence-corrected chi connectivity index (χ3v) is 2.44. The number of hydrogen-bond acceptors (Lipinski definition) is 5. The number of hydrogen-bond donors (Lipinski definition) is 3. The Labute approximate surface area is 111 Å². The molecule has 0 bridgehead atoms. The van der Waals surface area contributed by atoms with Gasteiger partial charge in [0.05, 0.1) is 11.5 Å². The van der Waals surface area contributed by atoms with E-state index >= 15 is 0 Å². The number of carbonyl (C=O) groups excluding carboxylic acids is 1. The van der Waals surface area contributed by atoms with E-state index in [1.54, 1.807) is 13.1 Å². The third-order valence-electron chi connectivity index (χ3n) is 2.44. The Balaban J connectivity index is 2.69. The van der Waals surface area contributed by atoms with Crippen LogP contribution in [0.1, 0.15) is 13.3 Å². The Kier molecular flexibility index (Phi) is 5.59.